The second-order valence-corrected chi connectivity index (χ2v) is 25.3. The van der Waals surface area contributed by atoms with Crippen LogP contribution in [0, 0.1) is 0 Å². The number of nitrogens with zero attached hydrogens (tertiary/aromatic N) is 1. The van der Waals surface area contributed by atoms with Crippen LogP contribution >= 0.6 is 7.82 Å². The molecule has 1 amide bonds. The van der Waals surface area contributed by atoms with Gasteiger partial charge in [-0.05, 0) is 57.8 Å². The summed E-state index contributed by atoms with van der Waals surface area (Å²) in [5.74, 6) is -0.173. The lowest BCUT2D eigenvalue weighted by atomic mass is 10.0. The first-order chi connectivity index (χ1) is 37.5. The van der Waals surface area contributed by atoms with Crippen molar-refractivity contribution < 1.29 is 32.9 Å². The molecule has 0 saturated carbocycles. The van der Waals surface area contributed by atoms with Crippen molar-refractivity contribution in [1.82, 2.24) is 5.32 Å². The number of phosphoric ester groups is 1. The van der Waals surface area contributed by atoms with Crippen molar-refractivity contribution in [2.75, 3.05) is 40.9 Å². The Hall–Kier alpha value is -1.80. The smallest absolute Gasteiger partial charge is 0.387 e. The van der Waals surface area contributed by atoms with Crippen LogP contribution in [0.1, 0.15) is 316 Å². The number of likely N-dealkylation sites (N-methyl/N-ethyl adjacent to an activating group) is 1. The molecule has 3 atom stereocenters. The van der Waals surface area contributed by atoms with Gasteiger partial charge in [0.2, 0.25) is 5.91 Å². The molecule has 0 fully saturated rings. The van der Waals surface area contributed by atoms with E-state index in [1.165, 1.54) is 231 Å². The molecule has 0 heterocycles. The molecule has 3 N–H and O–H groups in total. The Bertz CT molecular complexity index is 1440. The van der Waals surface area contributed by atoms with Gasteiger partial charge in [0, 0.05) is 6.42 Å². The molecule has 0 aromatic heterocycles. The second-order valence-electron chi connectivity index (χ2n) is 23.8. The van der Waals surface area contributed by atoms with E-state index in [1.54, 1.807) is 6.08 Å². The monoisotopic (exact) mass is 1100 g/mol. The number of phosphoric acid groups is 1. The highest BCUT2D eigenvalue weighted by Gasteiger charge is 2.28. The fourth-order valence-corrected chi connectivity index (χ4v) is 10.6. The number of unbranched alkanes of at least 4 members (excludes halogenated alkanes) is 40. The van der Waals surface area contributed by atoms with Crippen LogP contribution < -0.4 is 5.32 Å². The number of quaternary nitrogens is 1. The van der Waals surface area contributed by atoms with Crippen LogP contribution in [0.5, 0.6) is 0 Å². The SMILES string of the molecule is CC/C=C\C/C=C\C/C=C\C/C=C\CCCCCCCCCCCCCCCCCCCCC(=O)NC(COP(=O)(O)OCC[N+](C)(C)C)C(O)/C=C/CCCCCCCCCCCCCCCCCCCCCCCC. The molecule has 0 aliphatic rings. The minimum absolute atomic E-state index is 0.0619. The molecule has 0 aromatic rings. The fraction of sp³-hybridized carbons (Fsp3) is 0.838. The summed E-state index contributed by atoms with van der Waals surface area (Å²) < 4.78 is 23.8. The zero-order chi connectivity index (χ0) is 56.3. The highest BCUT2D eigenvalue weighted by atomic mass is 31.2. The van der Waals surface area contributed by atoms with E-state index in [0.29, 0.717) is 17.4 Å². The lowest BCUT2D eigenvalue weighted by Gasteiger charge is -2.25. The summed E-state index contributed by atoms with van der Waals surface area (Å²) in [5.41, 5.74) is 0. The molecular formula is C68H130N2O6P+. The number of carbonyl (C=O) groups is 1. The van der Waals surface area contributed by atoms with Gasteiger partial charge in [0.25, 0.3) is 0 Å². The van der Waals surface area contributed by atoms with Crippen LogP contribution in [0.25, 0.3) is 0 Å². The van der Waals surface area contributed by atoms with Gasteiger partial charge in [0.1, 0.15) is 13.2 Å². The largest absolute Gasteiger partial charge is 0.472 e. The van der Waals surface area contributed by atoms with Crippen LogP contribution in [0.2, 0.25) is 0 Å². The van der Waals surface area contributed by atoms with Crippen LogP contribution in [0.15, 0.2) is 60.8 Å². The van der Waals surface area contributed by atoms with Crippen molar-refractivity contribution in [3.05, 3.63) is 60.8 Å². The van der Waals surface area contributed by atoms with Gasteiger partial charge < -0.3 is 19.8 Å². The molecule has 0 saturated heterocycles. The first-order valence-electron chi connectivity index (χ1n) is 33.2. The van der Waals surface area contributed by atoms with Crippen LogP contribution in [-0.2, 0) is 18.4 Å². The molecule has 0 bridgehead atoms. The van der Waals surface area contributed by atoms with Gasteiger partial charge in [-0.2, -0.15) is 0 Å². The Morgan fingerprint density at radius 2 is 0.779 bits per heavy atom. The third-order valence-electron chi connectivity index (χ3n) is 15.0. The van der Waals surface area contributed by atoms with E-state index < -0.39 is 20.0 Å². The Kier molecular flexibility index (Phi) is 57.5. The van der Waals surface area contributed by atoms with Gasteiger partial charge in [-0.25, -0.2) is 4.57 Å². The van der Waals surface area contributed by atoms with E-state index in [-0.39, 0.29) is 19.1 Å². The Morgan fingerprint density at radius 1 is 0.455 bits per heavy atom. The molecule has 0 radical (unpaired) electrons. The molecule has 452 valence electrons. The van der Waals surface area contributed by atoms with Crippen LogP contribution in [0.3, 0.4) is 0 Å². The molecule has 77 heavy (non-hydrogen) atoms. The first kappa shape index (κ1) is 75.2. The number of carbonyl (C=O) groups excluding carboxylic acids is 1. The number of hydrogen-bond acceptors (Lipinski definition) is 5. The van der Waals surface area contributed by atoms with Crippen molar-refractivity contribution in [2.24, 2.45) is 0 Å². The number of allylic oxidation sites excluding steroid dienone is 9. The number of nitrogens with one attached hydrogen (secondary N) is 1. The molecule has 0 rings (SSSR count). The summed E-state index contributed by atoms with van der Waals surface area (Å²) in [6.07, 6.45) is 80.6. The molecule has 0 aliphatic carbocycles. The summed E-state index contributed by atoms with van der Waals surface area (Å²) in [7, 11) is 1.58. The van der Waals surface area contributed by atoms with Crippen molar-refractivity contribution >= 4 is 13.7 Å². The zero-order valence-corrected chi connectivity index (χ0v) is 52.6. The fourth-order valence-electron chi connectivity index (χ4n) is 9.86. The number of rotatable bonds is 61. The third-order valence-corrected chi connectivity index (χ3v) is 16.0. The van der Waals surface area contributed by atoms with Gasteiger partial charge in [-0.3, -0.25) is 13.8 Å². The van der Waals surface area contributed by atoms with Crippen molar-refractivity contribution in [3.8, 4) is 0 Å². The third kappa shape index (κ3) is 61.7. The lowest BCUT2D eigenvalue weighted by molar-refractivity contribution is -0.870. The minimum atomic E-state index is -4.35. The van der Waals surface area contributed by atoms with E-state index in [9.17, 15) is 19.4 Å². The molecular weight excluding hydrogens is 972 g/mol. The summed E-state index contributed by atoms with van der Waals surface area (Å²) in [6, 6.07) is -0.848. The van der Waals surface area contributed by atoms with Crippen LogP contribution in [0.4, 0.5) is 0 Å². The molecule has 0 aromatic carbocycles. The van der Waals surface area contributed by atoms with Crippen LogP contribution in [-0.4, -0.2) is 73.4 Å². The van der Waals surface area contributed by atoms with Gasteiger partial charge in [0.05, 0.1) is 39.9 Å². The topological polar surface area (TPSA) is 105 Å². The molecule has 3 unspecified atom stereocenters. The second kappa shape index (κ2) is 58.8. The Balaban J connectivity index is 4.08. The maximum absolute atomic E-state index is 13.0. The standard InChI is InChI=1S/C68H129N2O6P/c1-6-8-10-12-14-16-18-20-22-24-26-28-30-32-33-34-35-36-37-38-40-42-44-46-48-50-52-54-56-58-60-62-68(72)69-66(65-76-77(73,74)75-64-63-70(3,4)5)67(71)61-59-57-55-53-51-49-47-45-43-41-39-31-29-27-25-23-21-19-17-15-13-11-9-7-2/h8,10,14,16,20,22,26,28,59,61,66-67,71H,6-7,9,11-13,15,17-19,21,23-25,27,29-58,60,62-65H2,1-5H3,(H-,69,72,73,74)/p+1/b10-8-,16-14-,22-20-,28-26-,61-59+. The van der Waals surface area contributed by atoms with E-state index in [1.807, 2.05) is 27.2 Å². The van der Waals surface area contributed by atoms with Crippen molar-refractivity contribution in [1.29, 1.82) is 0 Å². The predicted octanol–water partition coefficient (Wildman–Crippen LogP) is 20.8. The highest BCUT2D eigenvalue weighted by molar-refractivity contribution is 7.47. The average Bonchev–Trinajstić information content (AvgIpc) is 3.39. The maximum atomic E-state index is 13.0. The van der Waals surface area contributed by atoms with Crippen molar-refractivity contribution in [2.45, 2.75) is 328 Å². The summed E-state index contributed by atoms with van der Waals surface area (Å²) in [6.45, 7) is 4.75. The number of hydrogen-bond donors (Lipinski definition) is 3. The summed E-state index contributed by atoms with van der Waals surface area (Å²) in [4.78, 5) is 23.4. The first-order valence-corrected chi connectivity index (χ1v) is 34.7. The van der Waals surface area contributed by atoms with Crippen molar-refractivity contribution in [3.63, 3.8) is 0 Å². The van der Waals surface area contributed by atoms with E-state index >= 15 is 0 Å². The maximum Gasteiger partial charge on any atom is 0.472 e. The van der Waals surface area contributed by atoms with Gasteiger partial charge >= 0.3 is 7.82 Å². The molecule has 8 nitrogen and oxygen atoms in total. The highest BCUT2D eigenvalue weighted by Crippen LogP contribution is 2.43. The van der Waals surface area contributed by atoms with E-state index in [4.69, 9.17) is 9.05 Å². The summed E-state index contributed by atoms with van der Waals surface area (Å²) in [5, 5.41) is 14.0. The number of aliphatic hydroxyl groups is 1. The molecule has 0 spiro atoms. The number of aliphatic hydroxyl groups excluding tert-OH is 1. The lowest BCUT2D eigenvalue weighted by Crippen LogP contribution is -2.45. The summed E-state index contributed by atoms with van der Waals surface area (Å²) >= 11 is 0. The minimum Gasteiger partial charge on any atom is -0.387 e. The average molecular weight is 1100 g/mol. The Labute approximate surface area is 479 Å². The normalized spacial score (nSPS) is 14.1. The Morgan fingerprint density at radius 3 is 1.14 bits per heavy atom. The predicted molar refractivity (Wildman–Crippen MR) is 337 cm³/mol. The van der Waals surface area contributed by atoms with Gasteiger partial charge in [0.15, 0.2) is 0 Å². The van der Waals surface area contributed by atoms with Gasteiger partial charge in [-0.15, -0.1) is 0 Å². The molecule has 9 heteroatoms. The number of amides is 1. The van der Waals surface area contributed by atoms with E-state index in [2.05, 4.69) is 67.8 Å². The van der Waals surface area contributed by atoms with E-state index in [0.717, 1.165) is 64.2 Å². The molecule has 0 aliphatic heterocycles. The zero-order valence-electron chi connectivity index (χ0n) is 51.7. The van der Waals surface area contributed by atoms with Gasteiger partial charge in [-0.1, -0.05) is 312 Å². The quantitative estimate of drug-likeness (QED) is 0.0243.